The number of hydrogen-bond donors (Lipinski definition) is 0. The van der Waals surface area contributed by atoms with Crippen LogP contribution in [-0.2, 0) is 9.53 Å². The van der Waals surface area contributed by atoms with Gasteiger partial charge in [0, 0.05) is 24.9 Å². The normalized spacial score (nSPS) is 23.7. The van der Waals surface area contributed by atoms with Crippen molar-refractivity contribution < 1.29 is 41.0 Å². The van der Waals surface area contributed by atoms with E-state index in [0.29, 0.717) is 23.7 Å². The molecular weight excluding hydrogens is 513 g/mol. The van der Waals surface area contributed by atoms with Gasteiger partial charge in [-0.3, -0.25) is 9.80 Å². The summed E-state index contributed by atoms with van der Waals surface area (Å²) in [6.07, 6.45) is -6.86. The molecule has 7 nitrogen and oxygen atoms in total. The van der Waals surface area contributed by atoms with Crippen molar-refractivity contribution in [3.05, 3.63) is 48.3 Å². The quantitative estimate of drug-likeness (QED) is 0.358. The van der Waals surface area contributed by atoms with Gasteiger partial charge in [-0.25, -0.2) is 8.78 Å². The summed E-state index contributed by atoms with van der Waals surface area (Å²) in [6.45, 7) is 1.63. The summed E-state index contributed by atoms with van der Waals surface area (Å²) in [5.41, 5.74) is -0.418. The molecule has 2 aromatic rings. The van der Waals surface area contributed by atoms with Crippen LogP contribution in [0.5, 0.6) is 11.5 Å². The molecule has 0 saturated carbocycles. The van der Waals surface area contributed by atoms with Crippen molar-refractivity contribution in [1.29, 1.82) is 0 Å². The number of carbonyl (C=O) groups is 1. The number of halogens is 5. The minimum Gasteiger partial charge on any atom is -0.497 e. The zero-order valence-electron chi connectivity index (χ0n) is 21.0. The number of rotatable bonds is 7. The fourth-order valence-electron chi connectivity index (χ4n) is 4.71. The van der Waals surface area contributed by atoms with Crippen LogP contribution in [0.15, 0.2) is 47.6 Å². The SMILES string of the molecule is COC(=O)C[C@H]1[C@H](C)C(C(F)(F)F)=NN1c1ccc(OC2CCN(c3cc(OC)ccc3F)CC2F)cc1. The largest absolute Gasteiger partial charge is 0.497 e. The van der Waals surface area contributed by atoms with Gasteiger partial charge in [-0.05, 0) is 36.4 Å². The van der Waals surface area contributed by atoms with Crippen molar-refractivity contribution >= 4 is 23.1 Å². The van der Waals surface area contributed by atoms with Crippen LogP contribution >= 0.6 is 0 Å². The van der Waals surface area contributed by atoms with Crippen LogP contribution in [0.25, 0.3) is 0 Å². The van der Waals surface area contributed by atoms with E-state index in [1.165, 1.54) is 63.6 Å². The molecule has 2 aliphatic rings. The van der Waals surface area contributed by atoms with Crippen LogP contribution in [0, 0.1) is 11.7 Å². The molecule has 12 heteroatoms. The van der Waals surface area contributed by atoms with Crippen molar-refractivity contribution in [3.63, 3.8) is 0 Å². The van der Waals surface area contributed by atoms with Gasteiger partial charge in [0.05, 0.1) is 44.6 Å². The van der Waals surface area contributed by atoms with Crippen LogP contribution in [-0.4, -0.2) is 63.5 Å². The van der Waals surface area contributed by atoms with E-state index in [2.05, 4.69) is 9.84 Å². The van der Waals surface area contributed by atoms with Crippen molar-refractivity contribution in [3.8, 4) is 11.5 Å². The lowest BCUT2D eigenvalue weighted by molar-refractivity contribution is -0.141. The highest BCUT2D eigenvalue weighted by Crippen LogP contribution is 2.37. The maximum atomic E-state index is 15.0. The second-order valence-electron chi connectivity index (χ2n) is 9.18. The highest BCUT2D eigenvalue weighted by Gasteiger charge is 2.49. The van der Waals surface area contributed by atoms with Gasteiger partial charge in [0.25, 0.3) is 0 Å². The first-order chi connectivity index (χ1) is 18.0. The molecule has 38 heavy (non-hydrogen) atoms. The summed E-state index contributed by atoms with van der Waals surface area (Å²) in [5.74, 6) is -1.41. The molecule has 4 rings (SSSR count). The number of methoxy groups -OCH3 is 2. The van der Waals surface area contributed by atoms with Crippen molar-refractivity contribution in [2.75, 3.05) is 37.2 Å². The predicted molar refractivity (Wildman–Crippen MR) is 131 cm³/mol. The van der Waals surface area contributed by atoms with E-state index in [-0.39, 0.29) is 25.1 Å². The molecule has 2 aliphatic heterocycles. The monoisotopic (exact) mass is 541 g/mol. The van der Waals surface area contributed by atoms with Crippen molar-refractivity contribution in [2.45, 2.75) is 44.3 Å². The van der Waals surface area contributed by atoms with E-state index < -0.39 is 47.9 Å². The molecule has 0 aromatic heterocycles. The Labute approximate surface area is 216 Å². The highest BCUT2D eigenvalue weighted by atomic mass is 19.4. The molecule has 2 aromatic carbocycles. The van der Waals surface area contributed by atoms with E-state index >= 15 is 4.39 Å². The lowest BCUT2D eigenvalue weighted by Crippen LogP contribution is -2.47. The Bertz CT molecular complexity index is 1170. The zero-order chi connectivity index (χ0) is 27.6. The Balaban J connectivity index is 1.45. The number of anilines is 2. The first kappa shape index (κ1) is 27.5. The zero-order valence-corrected chi connectivity index (χ0v) is 21.0. The van der Waals surface area contributed by atoms with E-state index in [1.54, 1.807) is 4.90 Å². The first-order valence-electron chi connectivity index (χ1n) is 12.0. The van der Waals surface area contributed by atoms with E-state index in [0.717, 1.165) is 5.01 Å². The van der Waals surface area contributed by atoms with E-state index in [9.17, 15) is 22.4 Å². The summed E-state index contributed by atoms with van der Waals surface area (Å²) in [6, 6.07) is 9.41. The molecule has 0 spiro atoms. The van der Waals surface area contributed by atoms with Gasteiger partial charge >= 0.3 is 12.1 Å². The smallest absolute Gasteiger partial charge is 0.431 e. The van der Waals surface area contributed by atoms with E-state index in [1.807, 2.05) is 0 Å². The number of hydrogen-bond acceptors (Lipinski definition) is 7. The van der Waals surface area contributed by atoms with Gasteiger partial charge in [-0.2, -0.15) is 18.3 Å². The summed E-state index contributed by atoms with van der Waals surface area (Å²) < 4.78 is 85.4. The Hall–Kier alpha value is -3.57. The van der Waals surface area contributed by atoms with Gasteiger partial charge in [-0.15, -0.1) is 0 Å². The minimum absolute atomic E-state index is 0.0807. The molecule has 0 bridgehead atoms. The number of esters is 1. The summed E-state index contributed by atoms with van der Waals surface area (Å²) in [4.78, 5) is 13.4. The Morgan fingerprint density at radius 2 is 1.79 bits per heavy atom. The topological polar surface area (TPSA) is 63.6 Å². The third-order valence-corrected chi connectivity index (χ3v) is 6.80. The molecule has 1 fully saturated rings. The molecule has 0 aliphatic carbocycles. The number of carbonyl (C=O) groups excluding carboxylic acids is 1. The number of hydrazone groups is 1. The number of alkyl halides is 4. The average Bonchev–Trinajstić information content (AvgIpc) is 3.22. The standard InChI is InChI=1S/C26H28F5N3O4/c1-15-21(13-24(35)37-3)34(32-25(15)26(29,30)31)16-4-6-17(7-5-16)38-23-10-11-33(14-20(23)28)22-12-18(36-2)8-9-19(22)27/h4-9,12,15,20-21,23H,10-11,13-14H2,1-3H3/t15-,20?,21-,23?/m0/s1. The second-order valence-corrected chi connectivity index (χ2v) is 9.18. The van der Waals surface area contributed by atoms with Crippen molar-refractivity contribution in [2.24, 2.45) is 11.0 Å². The average molecular weight is 542 g/mol. The lowest BCUT2D eigenvalue weighted by Gasteiger charge is -2.36. The van der Waals surface area contributed by atoms with Crippen LogP contribution in [0.4, 0.5) is 33.3 Å². The minimum atomic E-state index is -4.65. The Morgan fingerprint density at radius 1 is 1.11 bits per heavy atom. The summed E-state index contributed by atoms with van der Waals surface area (Å²) in [5, 5.41) is 4.92. The van der Waals surface area contributed by atoms with Gasteiger partial charge in [0.15, 0.2) is 6.17 Å². The predicted octanol–water partition coefficient (Wildman–Crippen LogP) is 5.14. The molecule has 2 unspecified atom stereocenters. The van der Waals surface area contributed by atoms with E-state index in [4.69, 9.17) is 9.47 Å². The van der Waals surface area contributed by atoms with Gasteiger partial charge in [0.2, 0.25) is 0 Å². The molecule has 0 N–H and O–H groups in total. The molecule has 1 saturated heterocycles. The Morgan fingerprint density at radius 3 is 2.39 bits per heavy atom. The third-order valence-electron chi connectivity index (χ3n) is 6.80. The van der Waals surface area contributed by atoms with Crippen LogP contribution in [0.2, 0.25) is 0 Å². The lowest BCUT2D eigenvalue weighted by atomic mass is 9.94. The fourth-order valence-corrected chi connectivity index (χ4v) is 4.71. The van der Waals surface area contributed by atoms with Crippen LogP contribution in [0.1, 0.15) is 19.8 Å². The van der Waals surface area contributed by atoms with Crippen LogP contribution in [0.3, 0.4) is 0 Å². The molecule has 0 amide bonds. The maximum Gasteiger partial charge on any atom is 0.431 e. The van der Waals surface area contributed by atoms with Crippen molar-refractivity contribution in [1.82, 2.24) is 0 Å². The number of ether oxygens (including phenoxy) is 3. The van der Waals surface area contributed by atoms with Gasteiger partial charge < -0.3 is 19.1 Å². The molecule has 206 valence electrons. The maximum absolute atomic E-state index is 15.0. The fraction of sp³-hybridized carbons (Fsp3) is 0.462. The number of benzene rings is 2. The molecular formula is C26H28F5N3O4. The Kier molecular flexibility index (Phi) is 7.98. The third kappa shape index (κ3) is 5.78. The molecule has 0 radical (unpaired) electrons. The summed E-state index contributed by atoms with van der Waals surface area (Å²) >= 11 is 0. The van der Waals surface area contributed by atoms with Gasteiger partial charge in [0.1, 0.15) is 29.1 Å². The summed E-state index contributed by atoms with van der Waals surface area (Å²) in [7, 11) is 2.63. The van der Waals surface area contributed by atoms with Gasteiger partial charge in [-0.1, -0.05) is 6.92 Å². The van der Waals surface area contributed by atoms with Crippen LogP contribution < -0.4 is 19.4 Å². The number of nitrogens with zero attached hydrogens (tertiary/aromatic N) is 3. The number of piperidine rings is 1. The molecule has 2 heterocycles. The first-order valence-corrected chi connectivity index (χ1v) is 12.0. The second kappa shape index (κ2) is 11.0. The highest BCUT2D eigenvalue weighted by molar-refractivity contribution is 5.96. The molecule has 4 atom stereocenters.